The van der Waals surface area contributed by atoms with Crippen LogP contribution in [0.1, 0.15) is 55.5 Å². The van der Waals surface area contributed by atoms with Crippen LogP contribution in [0.15, 0.2) is 70.3 Å². The maximum Gasteiger partial charge on any atom is 0.332 e. The lowest BCUT2D eigenvalue weighted by atomic mass is 10.1. The van der Waals surface area contributed by atoms with Gasteiger partial charge in [0.1, 0.15) is 11.3 Å². The summed E-state index contributed by atoms with van der Waals surface area (Å²) in [6, 6.07) is 19.9. The highest BCUT2D eigenvalue weighted by Crippen LogP contribution is 2.12. The average Bonchev–Trinajstić information content (AvgIpc) is 3.34. The van der Waals surface area contributed by atoms with Crippen molar-refractivity contribution in [2.75, 3.05) is 6.61 Å². The van der Waals surface area contributed by atoms with Gasteiger partial charge in [-0.3, -0.25) is 22.7 Å². The minimum atomic E-state index is -2.21. The van der Waals surface area contributed by atoms with Gasteiger partial charge in [0.05, 0.1) is 6.61 Å². The molecule has 4 rings (SSSR count). The van der Waals surface area contributed by atoms with Crippen molar-refractivity contribution < 1.29 is 12.9 Å². The van der Waals surface area contributed by atoms with Crippen LogP contribution in [0.25, 0.3) is 11.2 Å². The first kappa shape index (κ1) is 27.7. The molecule has 0 spiro atoms. The van der Waals surface area contributed by atoms with E-state index < -0.39 is 11.4 Å². The molecule has 2 aromatic heterocycles. The number of imidazole rings is 1. The predicted octanol–water partition coefficient (Wildman–Crippen LogP) is 4.21. The lowest BCUT2D eigenvalue weighted by molar-refractivity contribution is 0.296. The van der Waals surface area contributed by atoms with Gasteiger partial charge in [-0.15, -0.1) is 0 Å². The molecule has 0 bridgehead atoms. The van der Waals surface area contributed by atoms with Crippen LogP contribution < -0.4 is 11.2 Å². The van der Waals surface area contributed by atoms with E-state index in [1.54, 1.807) is 4.57 Å². The lowest BCUT2D eigenvalue weighted by Gasteiger charge is -2.11. The van der Waals surface area contributed by atoms with Gasteiger partial charge in [0.15, 0.2) is 5.65 Å². The van der Waals surface area contributed by atoms with Crippen LogP contribution in [0.5, 0.6) is 0 Å². The Hall–Kier alpha value is -3.34. The van der Waals surface area contributed by atoms with Gasteiger partial charge in [0, 0.05) is 19.5 Å². The third-order valence-corrected chi connectivity index (χ3v) is 6.92. The normalized spacial score (nSPS) is 12.2. The summed E-state index contributed by atoms with van der Waals surface area (Å²) in [5, 5.41) is 0. The molecule has 1 unspecified atom stereocenters. The summed E-state index contributed by atoms with van der Waals surface area (Å²) in [6.45, 7) is 1.03. The van der Waals surface area contributed by atoms with Crippen LogP contribution >= 0.6 is 0 Å². The van der Waals surface area contributed by atoms with Crippen molar-refractivity contribution in [3.8, 4) is 0 Å². The molecule has 0 aliphatic heterocycles. The summed E-state index contributed by atoms with van der Waals surface area (Å²) in [6.07, 6.45) is 6.31. The Labute approximate surface area is 224 Å². The van der Waals surface area contributed by atoms with E-state index in [1.165, 1.54) is 4.57 Å². The Kier molecular flexibility index (Phi) is 10.2. The van der Waals surface area contributed by atoms with Crippen molar-refractivity contribution in [3.63, 3.8) is 0 Å². The molecule has 0 aliphatic carbocycles. The Bertz CT molecular complexity index is 1450. The van der Waals surface area contributed by atoms with Crippen LogP contribution in [-0.4, -0.2) is 34.5 Å². The second-order valence-electron chi connectivity index (χ2n) is 9.33. The summed E-state index contributed by atoms with van der Waals surface area (Å²) in [4.78, 5) is 34.7. The number of nitrogens with zero attached hydrogens (tertiary/aromatic N) is 3. The molecule has 2 aromatic carbocycles. The number of rotatable bonds is 15. The maximum atomic E-state index is 13.5. The van der Waals surface area contributed by atoms with Gasteiger partial charge in [-0.1, -0.05) is 86.3 Å². The van der Waals surface area contributed by atoms with Crippen LogP contribution in [0.2, 0.25) is 0 Å². The van der Waals surface area contributed by atoms with Gasteiger partial charge in [0.25, 0.3) is 5.56 Å². The minimum absolute atomic E-state index is 0.261. The second-order valence-corrected chi connectivity index (χ2v) is 10.0. The molecule has 10 heteroatoms. The van der Waals surface area contributed by atoms with Gasteiger partial charge in [-0.25, -0.2) is 9.78 Å². The molecule has 0 fully saturated rings. The number of hydrogen-bond donors (Lipinski definition) is 2. The summed E-state index contributed by atoms with van der Waals surface area (Å²) in [5.74, 6) is 0.655. The van der Waals surface area contributed by atoms with Crippen LogP contribution in [0.3, 0.4) is 0 Å². The van der Waals surface area contributed by atoms with Crippen molar-refractivity contribution in [3.05, 3.63) is 98.5 Å². The second kappa shape index (κ2) is 14.0. The molecule has 0 saturated carbocycles. The fourth-order valence-corrected chi connectivity index (χ4v) is 4.84. The molecule has 38 heavy (non-hydrogen) atoms. The first-order chi connectivity index (χ1) is 18.5. The third-order valence-electron chi connectivity index (χ3n) is 6.55. The highest BCUT2D eigenvalue weighted by Gasteiger charge is 2.17. The maximum absolute atomic E-state index is 13.5. The summed E-state index contributed by atoms with van der Waals surface area (Å²) in [7, 11) is 0. The Morgan fingerprint density at radius 1 is 0.816 bits per heavy atom. The molecule has 0 radical (unpaired) electrons. The minimum Gasteiger partial charge on any atom is -0.336 e. The van der Waals surface area contributed by atoms with Gasteiger partial charge < -0.3 is 4.98 Å². The third kappa shape index (κ3) is 7.59. The van der Waals surface area contributed by atoms with Gasteiger partial charge in [0.2, 0.25) is 0 Å². The standard InChI is InChI=1S/C28H34N4O5S/c33-27-25-26(30-24(29-25)21-23-15-9-6-10-16-23)31(19-17-22-13-7-5-8-14-22)28(34)32(27)18-11-3-1-2-4-12-20-37-38(35)36/h5-10,13-16H,1-4,11-12,17-21H2,(H,29,30)(H,35,36). The molecule has 0 aliphatic rings. The summed E-state index contributed by atoms with van der Waals surface area (Å²) in [5.41, 5.74) is 2.29. The smallest absolute Gasteiger partial charge is 0.332 e. The molecule has 202 valence electrons. The number of benzene rings is 2. The Morgan fingerprint density at radius 3 is 2.13 bits per heavy atom. The van der Waals surface area contributed by atoms with Crippen molar-refractivity contribution in [1.29, 1.82) is 0 Å². The van der Waals surface area contributed by atoms with Crippen molar-refractivity contribution in [2.24, 2.45) is 0 Å². The molecule has 1 atom stereocenters. The zero-order valence-corrected chi connectivity index (χ0v) is 22.2. The molecule has 0 amide bonds. The van der Waals surface area contributed by atoms with Gasteiger partial charge >= 0.3 is 17.1 Å². The number of hydrogen-bond acceptors (Lipinski definition) is 5. The van der Waals surface area contributed by atoms with Crippen LogP contribution in [-0.2, 0) is 41.5 Å². The van der Waals surface area contributed by atoms with Crippen LogP contribution in [0, 0.1) is 0 Å². The molecular formula is C28H34N4O5S. The van der Waals surface area contributed by atoms with E-state index in [9.17, 15) is 13.8 Å². The summed E-state index contributed by atoms with van der Waals surface area (Å²) < 4.78 is 26.7. The topological polar surface area (TPSA) is 119 Å². The quantitative estimate of drug-likeness (QED) is 0.173. The highest BCUT2D eigenvalue weighted by atomic mass is 32.2. The van der Waals surface area contributed by atoms with Crippen molar-refractivity contribution >= 4 is 22.5 Å². The first-order valence-electron chi connectivity index (χ1n) is 13.1. The molecule has 4 aromatic rings. The van der Waals surface area contributed by atoms with E-state index in [-0.39, 0.29) is 17.9 Å². The van der Waals surface area contributed by atoms with E-state index >= 15 is 0 Å². The number of fused-ring (bicyclic) bond motifs is 1. The first-order valence-corrected chi connectivity index (χ1v) is 14.1. The predicted molar refractivity (Wildman–Crippen MR) is 148 cm³/mol. The van der Waals surface area contributed by atoms with E-state index in [4.69, 9.17) is 4.55 Å². The Morgan fingerprint density at radius 2 is 1.45 bits per heavy atom. The lowest BCUT2D eigenvalue weighted by Crippen LogP contribution is -2.40. The summed E-state index contributed by atoms with van der Waals surface area (Å²) >= 11 is -2.21. The molecule has 0 saturated heterocycles. The molecule has 9 nitrogen and oxygen atoms in total. The van der Waals surface area contributed by atoms with E-state index in [1.807, 2.05) is 60.7 Å². The number of aryl methyl sites for hydroxylation is 2. The SMILES string of the molecule is O=c1c2[nH]c(Cc3ccccc3)nc2n(CCc2ccccc2)c(=O)n1CCCCCCCCOS(=O)O. The van der Waals surface area contributed by atoms with E-state index in [0.29, 0.717) is 49.3 Å². The number of unbranched alkanes of at least 4 members (excludes halogenated alkanes) is 5. The van der Waals surface area contributed by atoms with Crippen LogP contribution in [0.4, 0.5) is 0 Å². The zero-order valence-electron chi connectivity index (χ0n) is 21.4. The highest BCUT2D eigenvalue weighted by molar-refractivity contribution is 7.74. The molecular weight excluding hydrogens is 504 g/mol. The Balaban J connectivity index is 1.49. The number of aromatic amines is 1. The monoisotopic (exact) mass is 538 g/mol. The van der Waals surface area contributed by atoms with Gasteiger partial charge in [-0.05, 0) is 30.4 Å². The van der Waals surface area contributed by atoms with E-state index in [2.05, 4.69) is 14.2 Å². The number of aromatic nitrogens is 4. The van der Waals surface area contributed by atoms with Crippen molar-refractivity contribution in [1.82, 2.24) is 19.1 Å². The van der Waals surface area contributed by atoms with Crippen molar-refractivity contribution in [2.45, 2.75) is 64.5 Å². The molecule has 2 heterocycles. The number of H-pyrrole nitrogens is 1. The zero-order chi connectivity index (χ0) is 26.7. The largest absolute Gasteiger partial charge is 0.336 e. The fraction of sp³-hybridized carbons (Fsp3) is 0.393. The average molecular weight is 539 g/mol. The molecule has 2 N–H and O–H groups in total. The van der Waals surface area contributed by atoms with E-state index in [0.717, 1.165) is 43.2 Å². The van der Waals surface area contributed by atoms with Gasteiger partial charge in [-0.2, -0.15) is 4.21 Å². The fourth-order valence-electron chi connectivity index (χ4n) is 4.58. The number of nitrogens with one attached hydrogen (secondary N) is 1.